The van der Waals surface area contributed by atoms with Gasteiger partial charge in [0.25, 0.3) is 11.8 Å². The van der Waals surface area contributed by atoms with Crippen molar-refractivity contribution in [2.24, 2.45) is 5.92 Å². The fraction of sp³-hybridized carbons (Fsp3) is 0.422. The van der Waals surface area contributed by atoms with Crippen LogP contribution in [0.15, 0.2) is 79.2 Å². The number of allylic oxidation sites excluding steroid dienone is 2. The number of anilines is 2. The van der Waals surface area contributed by atoms with Gasteiger partial charge in [-0.15, -0.1) is 0 Å². The van der Waals surface area contributed by atoms with Gasteiger partial charge in [0.2, 0.25) is 11.8 Å². The van der Waals surface area contributed by atoms with E-state index in [1.807, 2.05) is 40.9 Å². The van der Waals surface area contributed by atoms with E-state index in [1.54, 1.807) is 18.5 Å². The number of carbonyl (C=O) groups is 4. The third-order valence-corrected chi connectivity index (χ3v) is 13.3. The normalized spacial score (nSPS) is 25.6. The lowest BCUT2D eigenvalue weighted by molar-refractivity contribution is -0.136. The van der Waals surface area contributed by atoms with Crippen molar-refractivity contribution in [3.05, 3.63) is 102 Å². The number of fused-ring (bicyclic) bond motifs is 2. The molecule has 10 rings (SSSR count). The highest BCUT2D eigenvalue weighted by Crippen LogP contribution is 2.40. The summed E-state index contributed by atoms with van der Waals surface area (Å²) in [4.78, 5) is 64.0. The summed E-state index contributed by atoms with van der Waals surface area (Å²) >= 11 is 0. The van der Waals surface area contributed by atoms with E-state index in [1.165, 1.54) is 5.69 Å². The highest BCUT2D eigenvalue weighted by atomic mass is 16.5. The van der Waals surface area contributed by atoms with E-state index in [2.05, 4.69) is 49.3 Å². The Morgan fingerprint density at radius 1 is 0.864 bits per heavy atom. The van der Waals surface area contributed by atoms with Crippen molar-refractivity contribution in [1.29, 1.82) is 0 Å². The Morgan fingerprint density at radius 3 is 2.41 bits per heavy atom. The van der Waals surface area contributed by atoms with Gasteiger partial charge in [-0.3, -0.25) is 34.3 Å². The summed E-state index contributed by atoms with van der Waals surface area (Å²) in [6, 6.07) is 17.2. The molecule has 4 aliphatic heterocycles. The van der Waals surface area contributed by atoms with Gasteiger partial charge in [-0.1, -0.05) is 36.4 Å². The Balaban J connectivity index is 0.716. The Morgan fingerprint density at radius 2 is 1.66 bits per heavy atom. The molecule has 2 atom stereocenters. The first-order valence-electron chi connectivity index (χ1n) is 21.1. The number of para-hydroxylation sites is 1. The number of hydrogen-bond donors (Lipinski definition) is 2. The first kappa shape index (κ1) is 37.4. The molecule has 2 aliphatic carbocycles. The zero-order chi connectivity index (χ0) is 40.2. The van der Waals surface area contributed by atoms with Crippen LogP contribution in [-0.2, 0) is 9.59 Å². The van der Waals surface area contributed by atoms with Gasteiger partial charge in [-0.05, 0) is 74.1 Å². The number of nitrogens with two attached hydrogens (primary N) is 1. The van der Waals surface area contributed by atoms with Crippen molar-refractivity contribution in [2.45, 2.75) is 69.1 Å². The summed E-state index contributed by atoms with van der Waals surface area (Å²) in [5.74, 6) is 0.332. The molecule has 4 aromatic rings. The third-order valence-electron chi connectivity index (χ3n) is 13.3. The first-order chi connectivity index (χ1) is 28.8. The summed E-state index contributed by atoms with van der Waals surface area (Å²) in [6.07, 6.45) is 13.6. The van der Waals surface area contributed by atoms with Crippen LogP contribution in [0.2, 0.25) is 0 Å². The standard InChI is InChI=1S/C45H49N9O5/c46-42-41-35(29-11-15-33(16-12-29)59-32-5-2-1-3-6-32)23-38(54(41)48-27-47-42)30-9-13-31(14-10-30)51-21-19-50(20-22-51)24-28-25-52(26-28)36-8-4-7-34-40(36)45(58)53(44(34)57)37-17-18-39(55)49-43(37)56/h1-8,11-12,15,23,27-28,30-31,33,37H,9-10,13-14,16-22,24-26H2,(H2,46,47,48)(H,49,55,56). The molecule has 0 radical (unpaired) electrons. The fourth-order valence-electron chi connectivity index (χ4n) is 10.2. The largest absolute Gasteiger partial charge is 0.486 e. The molecule has 0 spiro atoms. The van der Waals surface area contributed by atoms with E-state index in [9.17, 15) is 19.2 Å². The highest BCUT2D eigenvalue weighted by Gasteiger charge is 2.47. The molecule has 59 heavy (non-hydrogen) atoms. The van der Waals surface area contributed by atoms with E-state index in [-0.39, 0.29) is 24.9 Å². The van der Waals surface area contributed by atoms with Crippen LogP contribution in [0.3, 0.4) is 0 Å². The van der Waals surface area contributed by atoms with Gasteiger partial charge in [0, 0.05) is 87.8 Å². The molecule has 6 aliphatic rings. The fourth-order valence-corrected chi connectivity index (χ4v) is 10.2. The summed E-state index contributed by atoms with van der Waals surface area (Å²) < 4.78 is 8.20. The monoisotopic (exact) mass is 795 g/mol. The average Bonchev–Trinajstić information content (AvgIpc) is 3.76. The number of imide groups is 2. The van der Waals surface area contributed by atoms with Crippen LogP contribution in [0.4, 0.5) is 11.5 Å². The number of piperidine rings is 1. The maximum atomic E-state index is 13.6. The number of benzene rings is 2. The van der Waals surface area contributed by atoms with Crippen LogP contribution in [0.1, 0.15) is 82.8 Å². The number of nitrogens with one attached hydrogen (secondary N) is 1. The number of hydrogen-bond acceptors (Lipinski definition) is 11. The topological polar surface area (TPSA) is 159 Å². The second kappa shape index (κ2) is 15.4. The highest BCUT2D eigenvalue weighted by molar-refractivity contribution is 6.25. The third kappa shape index (κ3) is 6.97. The Kier molecular flexibility index (Phi) is 9.76. The van der Waals surface area contributed by atoms with Crippen molar-refractivity contribution in [3.8, 4) is 5.75 Å². The molecule has 3 saturated heterocycles. The molecule has 2 aromatic heterocycles. The van der Waals surface area contributed by atoms with Crippen LogP contribution in [0.5, 0.6) is 5.75 Å². The molecule has 4 amide bonds. The second-order valence-corrected chi connectivity index (χ2v) is 16.9. The maximum absolute atomic E-state index is 13.6. The lowest BCUT2D eigenvalue weighted by Crippen LogP contribution is -2.56. The van der Waals surface area contributed by atoms with Crippen LogP contribution >= 0.6 is 0 Å². The predicted molar refractivity (Wildman–Crippen MR) is 222 cm³/mol. The molecule has 1 saturated carbocycles. The number of ether oxygens (including phenoxy) is 1. The number of amides is 4. The Bertz CT molecular complexity index is 2370. The Hall–Kier alpha value is -5.86. The second-order valence-electron chi connectivity index (χ2n) is 16.9. The van der Waals surface area contributed by atoms with Gasteiger partial charge in [-0.2, -0.15) is 5.10 Å². The zero-order valence-corrected chi connectivity index (χ0v) is 33.0. The van der Waals surface area contributed by atoms with Crippen LogP contribution in [0, 0.1) is 5.92 Å². The van der Waals surface area contributed by atoms with E-state index >= 15 is 0 Å². The van der Waals surface area contributed by atoms with E-state index in [0.717, 1.165) is 111 Å². The number of piperazine rings is 1. The van der Waals surface area contributed by atoms with Gasteiger partial charge in [0.05, 0.1) is 16.8 Å². The molecule has 14 nitrogen and oxygen atoms in total. The van der Waals surface area contributed by atoms with Crippen LogP contribution < -0.4 is 20.7 Å². The van der Waals surface area contributed by atoms with Crippen LogP contribution in [0.25, 0.3) is 11.1 Å². The van der Waals surface area contributed by atoms with E-state index in [4.69, 9.17) is 15.6 Å². The van der Waals surface area contributed by atoms with Gasteiger partial charge < -0.3 is 20.3 Å². The number of nitrogens with zero attached hydrogens (tertiary/aromatic N) is 7. The SMILES string of the molecule is Nc1ncnn2c(C3CCC(N4CCN(CC5CN(c6cccc7c6C(=O)N(C6CCC(=O)NC6=O)C7=O)C5)CC4)CC3)cc(C3=CCC(Oc4ccccc4)C=C3)c12. The first-order valence-corrected chi connectivity index (χ1v) is 21.1. The summed E-state index contributed by atoms with van der Waals surface area (Å²) in [5, 5.41) is 6.98. The van der Waals surface area contributed by atoms with Crippen molar-refractivity contribution in [3.63, 3.8) is 0 Å². The molecule has 3 N–H and O–H groups in total. The minimum absolute atomic E-state index is 0.0188. The van der Waals surface area contributed by atoms with Crippen molar-refractivity contribution in [2.75, 3.05) is 56.4 Å². The molecule has 2 aromatic carbocycles. The lowest BCUT2D eigenvalue weighted by atomic mass is 9.83. The maximum Gasteiger partial charge on any atom is 0.264 e. The molecule has 4 fully saturated rings. The van der Waals surface area contributed by atoms with Crippen molar-refractivity contribution < 1.29 is 23.9 Å². The zero-order valence-electron chi connectivity index (χ0n) is 33.0. The Labute approximate surface area is 342 Å². The van der Waals surface area contributed by atoms with E-state index < -0.39 is 23.8 Å². The van der Waals surface area contributed by atoms with Gasteiger partial charge in [0.15, 0.2) is 5.82 Å². The number of carbonyl (C=O) groups excluding carboxylic acids is 4. The number of nitrogen functional groups attached to an aromatic ring is 1. The minimum Gasteiger partial charge on any atom is -0.486 e. The summed E-state index contributed by atoms with van der Waals surface area (Å²) in [7, 11) is 0. The lowest BCUT2D eigenvalue weighted by Gasteiger charge is -2.46. The molecular weight excluding hydrogens is 747 g/mol. The average molecular weight is 796 g/mol. The molecule has 0 bridgehead atoms. The number of aromatic nitrogens is 3. The van der Waals surface area contributed by atoms with Gasteiger partial charge in [-0.25, -0.2) is 9.50 Å². The van der Waals surface area contributed by atoms with Crippen LogP contribution in [-0.4, -0.2) is 117 Å². The summed E-state index contributed by atoms with van der Waals surface area (Å²) in [5.41, 5.74) is 12.2. The number of rotatable bonds is 9. The molecular formula is C45H49N9O5. The summed E-state index contributed by atoms with van der Waals surface area (Å²) in [6.45, 7) is 6.81. The molecule has 2 unspecified atom stereocenters. The molecule has 6 heterocycles. The van der Waals surface area contributed by atoms with Crippen molar-refractivity contribution in [1.82, 2.24) is 34.6 Å². The molecule has 14 heteroatoms. The predicted octanol–water partition coefficient (Wildman–Crippen LogP) is 4.28. The smallest absolute Gasteiger partial charge is 0.264 e. The molecule has 304 valence electrons. The quantitative estimate of drug-likeness (QED) is 0.233. The van der Waals surface area contributed by atoms with Crippen molar-refractivity contribution >= 4 is 46.2 Å². The van der Waals surface area contributed by atoms with Gasteiger partial charge in [0.1, 0.15) is 29.7 Å². The minimum atomic E-state index is -0.966. The van der Waals surface area contributed by atoms with Gasteiger partial charge >= 0.3 is 0 Å². The van der Waals surface area contributed by atoms with E-state index in [0.29, 0.717) is 34.8 Å².